The van der Waals surface area contributed by atoms with Crippen LogP contribution in [0.2, 0.25) is 0 Å². The molecule has 2 amide bonds. The second-order valence-corrected chi connectivity index (χ2v) is 7.21. The molecule has 3 aromatic rings. The van der Waals surface area contributed by atoms with Gasteiger partial charge in [-0.3, -0.25) is 19.7 Å². The summed E-state index contributed by atoms with van der Waals surface area (Å²) in [6.07, 6.45) is 0. The first-order valence-corrected chi connectivity index (χ1v) is 8.74. The molecule has 2 heterocycles. The number of ether oxygens (including phenoxy) is 1. The van der Waals surface area contributed by atoms with Gasteiger partial charge in [0.15, 0.2) is 11.2 Å². The van der Waals surface area contributed by atoms with E-state index in [0.29, 0.717) is 28.4 Å². The van der Waals surface area contributed by atoms with Crippen LogP contribution in [0.15, 0.2) is 40.8 Å². The summed E-state index contributed by atoms with van der Waals surface area (Å²) in [7, 11) is 0. The van der Waals surface area contributed by atoms with E-state index in [4.69, 9.17) is 14.4 Å². The molecule has 144 valence electrons. The lowest BCUT2D eigenvalue weighted by Crippen LogP contribution is -2.52. The SMILES string of the molecule is Cc1ccc2nc(CN3C(=O)C(C)(C)Oc4ccc(C(=O)NO)cc43)oc2c1. The van der Waals surface area contributed by atoms with Gasteiger partial charge in [-0.1, -0.05) is 6.07 Å². The molecular weight excluding hydrogens is 362 g/mol. The van der Waals surface area contributed by atoms with E-state index in [9.17, 15) is 9.59 Å². The molecule has 2 aromatic carbocycles. The number of oxazole rings is 1. The molecule has 4 rings (SSSR count). The zero-order valence-corrected chi connectivity index (χ0v) is 15.6. The quantitative estimate of drug-likeness (QED) is 0.534. The number of nitrogens with one attached hydrogen (secondary N) is 1. The predicted molar refractivity (Wildman–Crippen MR) is 100 cm³/mol. The first-order chi connectivity index (χ1) is 13.3. The Morgan fingerprint density at radius 2 is 2.04 bits per heavy atom. The van der Waals surface area contributed by atoms with Gasteiger partial charge >= 0.3 is 0 Å². The van der Waals surface area contributed by atoms with E-state index in [0.717, 1.165) is 5.56 Å². The number of hydrogen-bond acceptors (Lipinski definition) is 6. The van der Waals surface area contributed by atoms with Gasteiger partial charge in [0.25, 0.3) is 11.8 Å². The lowest BCUT2D eigenvalue weighted by atomic mass is 10.0. The van der Waals surface area contributed by atoms with Crippen LogP contribution in [-0.4, -0.2) is 27.6 Å². The summed E-state index contributed by atoms with van der Waals surface area (Å²) in [4.78, 5) is 30.7. The highest BCUT2D eigenvalue weighted by Crippen LogP contribution is 2.39. The normalized spacial score (nSPS) is 15.3. The Kier molecular flexibility index (Phi) is 4.08. The Morgan fingerprint density at radius 1 is 1.25 bits per heavy atom. The summed E-state index contributed by atoms with van der Waals surface area (Å²) in [5.74, 6) is -0.155. The number of amides is 2. The Balaban J connectivity index is 1.77. The molecule has 1 aromatic heterocycles. The maximum Gasteiger partial charge on any atom is 0.274 e. The molecule has 0 spiro atoms. The zero-order chi connectivity index (χ0) is 20.1. The summed E-state index contributed by atoms with van der Waals surface area (Å²) in [5, 5.41) is 8.90. The molecule has 0 saturated heterocycles. The fraction of sp³-hybridized carbons (Fsp3) is 0.250. The van der Waals surface area contributed by atoms with Crippen LogP contribution in [0.4, 0.5) is 5.69 Å². The van der Waals surface area contributed by atoms with Crippen molar-refractivity contribution in [1.82, 2.24) is 10.5 Å². The van der Waals surface area contributed by atoms with E-state index in [1.54, 1.807) is 25.4 Å². The van der Waals surface area contributed by atoms with Crippen molar-refractivity contribution in [1.29, 1.82) is 0 Å². The van der Waals surface area contributed by atoms with Crippen LogP contribution in [0.25, 0.3) is 11.1 Å². The van der Waals surface area contributed by atoms with Gasteiger partial charge in [-0.25, -0.2) is 10.5 Å². The monoisotopic (exact) mass is 381 g/mol. The molecule has 0 unspecified atom stereocenters. The maximum atomic E-state index is 13.0. The number of hydroxylamine groups is 1. The number of anilines is 1. The van der Waals surface area contributed by atoms with Gasteiger partial charge in [0.2, 0.25) is 5.89 Å². The molecule has 0 aliphatic carbocycles. The largest absolute Gasteiger partial charge is 0.476 e. The number of carbonyl (C=O) groups excluding carboxylic acids is 2. The van der Waals surface area contributed by atoms with Crippen LogP contribution in [0.5, 0.6) is 5.75 Å². The van der Waals surface area contributed by atoms with E-state index < -0.39 is 11.5 Å². The number of rotatable bonds is 3. The summed E-state index contributed by atoms with van der Waals surface area (Å²) >= 11 is 0. The molecule has 8 nitrogen and oxygen atoms in total. The Labute approximate surface area is 160 Å². The first-order valence-electron chi connectivity index (χ1n) is 8.74. The first kappa shape index (κ1) is 18.0. The van der Waals surface area contributed by atoms with Gasteiger partial charge in [-0.15, -0.1) is 0 Å². The van der Waals surface area contributed by atoms with Gasteiger partial charge < -0.3 is 9.15 Å². The van der Waals surface area contributed by atoms with Crippen molar-refractivity contribution in [2.45, 2.75) is 32.9 Å². The summed E-state index contributed by atoms with van der Waals surface area (Å²) in [5.41, 5.74) is 3.49. The molecule has 0 bridgehead atoms. The standard InChI is InChI=1S/C20H19N3O5/c1-11-4-6-13-16(8-11)27-17(21-13)10-23-14-9-12(18(24)22-26)5-7-15(14)28-20(2,3)19(23)25/h4-9,26H,10H2,1-3H3,(H,22,24). The van der Waals surface area contributed by atoms with Crippen molar-refractivity contribution in [3.63, 3.8) is 0 Å². The van der Waals surface area contributed by atoms with Crippen LogP contribution >= 0.6 is 0 Å². The molecule has 0 saturated carbocycles. The van der Waals surface area contributed by atoms with E-state index in [2.05, 4.69) is 4.98 Å². The van der Waals surface area contributed by atoms with E-state index in [1.165, 1.54) is 17.0 Å². The minimum Gasteiger partial charge on any atom is -0.476 e. The van der Waals surface area contributed by atoms with E-state index in [-0.39, 0.29) is 18.0 Å². The number of fused-ring (bicyclic) bond motifs is 2. The Hall–Kier alpha value is -3.39. The highest BCUT2D eigenvalue weighted by Gasteiger charge is 2.41. The highest BCUT2D eigenvalue weighted by molar-refractivity contribution is 6.04. The second-order valence-electron chi connectivity index (χ2n) is 7.21. The third-order valence-corrected chi connectivity index (χ3v) is 4.62. The van der Waals surface area contributed by atoms with Crippen LogP contribution in [0, 0.1) is 6.92 Å². The van der Waals surface area contributed by atoms with Crippen molar-refractivity contribution in [3.8, 4) is 5.75 Å². The smallest absolute Gasteiger partial charge is 0.274 e. The number of aromatic nitrogens is 1. The van der Waals surface area contributed by atoms with Crippen LogP contribution in [-0.2, 0) is 11.3 Å². The Morgan fingerprint density at radius 3 is 2.79 bits per heavy atom. The molecule has 0 atom stereocenters. The maximum absolute atomic E-state index is 13.0. The number of hydrogen-bond donors (Lipinski definition) is 2. The molecule has 8 heteroatoms. The Bertz CT molecular complexity index is 1100. The average molecular weight is 381 g/mol. The minimum atomic E-state index is -1.09. The van der Waals surface area contributed by atoms with Crippen molar-refractivity contribution in [2.24, 2.45) is 0 Å². The van der Waals surface area contributed by atoms with Crippen LogP contribution in [0.1, 0.15) is 35.7 Å². The number of aryl methyl sites for hydroxylation is 1. The van der Waals surface area contributed by atoms with Gasteiger partial charge in [0.05, 0.1) is 5.69 Å². The van der Waals surface area contributed by atoms with Gasteiger partial charge in [-0.2, -0.15) is 0 Å². The van der Waals surface area contributed by atoms with Crippen molar-refractivity contribution in [3.05, 3.63) is 53.4 Å². The second kappa shape index (κ2) is 6.35. The number of benzene rings is 2. The molecule has 1 aliphatic rings. The van der Waals surface area contributed by atoms with Gasteiger partial charge in [0.1, 0.15) is 17.8 Å². The molecule has 0 fully saturated rings. The average Bonchev–Trinajstić information content (AvgIpc) is 3.05. The van der Waals surface area contributed by atoms with E-state index >= 15 is 0 Å². The highest BCUT2D eigenvalue weighted by atomic mass is 16.5. The third-order valence-electron chi connectivity index (χ3n) is 4.62. The predicted octanol–water partition coefficient (Wildman–Crippen LogP) is 2.96. The molecule has 2 N–H and O–H groups in total. The topological polar surface area (TPSA) is 105 Å². The van der Waals surface area contributed by atoms with E-state index in [1.807, 2.05) is 25.1 Å². The molecule has 0 radical (unpaired) electrons. The van der Waals surface area contributed by atoms with Crippen molar-refractivity contribution in [2.75, 3.05) is 4.90 Å². The minimum absolute atomic E-state index is 0.0799. The number of carbonyl (C=O) groups is 2. The van der Waals surface area contributed by atoms with Gasteiger partial charge in [0, 0.05) is 5.56 Å². The summed E-state index contributed by atoms with van der Waals surface area (Å²) < 4.78 is 11.6. The van der Waals surface area contributed by atoms with Crippen molar-refractivity contribution < 1.29 is 24.0 Å². The van der Waals surface area contributed by atoms with Crippen LogP contribution < -0.4 is 15.1 Å². The zero-order valence-electron chi connectivity index (χ0n) is 15.6. The summed E-state index contributed by atoms with van der Waals surface area (Å²) in [6.45, 7) is 5.39. The molecule has 28 heavy (non-hydrogen) atoms. The molecular formula is C20H19N3O5. The van der Waals surface area contributed by atoms with Gasteiger partial charge in [-0.05, 0) is 56.7 Å². The van der Waals surface area contributed by atoms with Crippen molar-refractivity contribution >= 4 is 28.6 Å². The number of nitrogens with zero attached hydrogens (tertiary/aromatic N) is 2. The fourth-order valence-corrected chi connectivity index (χ4v) is 3.21. The van der Waals surface area contributed by atoms with Crippen LogP contribution in [0.3, 0.4) is 0 Å². The summed E-state index contributed by atoms with van der Waals surface area (Å²) in [6, 6.07) is 10.3. The fourth-order valence-electron chi connectivity index (χ4n) is 3.21. The lowest BCUT2D eigenvalue weighted by Gasteiger charge is -2.38. The molecule has 1 aliphatic heterocycles. The lowest BCUT2D eigenvalue weighted by molar-refractivity contribution is -0.132. The third kappa shape index (κ3) is 2.97.